The fraction of sp³-hybridized carbons (Fsp3) is 0.364. The molecule has 1 atom stereocenters. The topological polar surface area (TPSA) is 63.3 Å². The van der Waals surface area contributed by atoms with E-state index in [1.54, 1.807) is 6.07 Å². The first kappa shape index (κ1) is 10.9. The van der Waals surface area contributed by atoms with Crippen molar-refractivity contribution in [2.75, 3.05) is 6.61 Å². The lowest BCUT2D eigenvalue weighted by Crippen LogP contribution is -2.27. The number of nitrogens with two attached hydrogens (primary N) is 1. The molecular formula is C11H15NO2. The van der Waals surface area contributed by atoms with Crippen molar-refractivity contribution in [3.05, 3.63) is 35.4 Å². The van der Waals surface area contributed by atoms with Crippen LogP contribution in [0.25, 0.3) is 0 Å². The van der Waals surface area contributed by atoms with Crippen molar-refractivity contribution in [2.45, 2.75) is 19.4 Å². The van der Waals surface area contributed by atoms with Crippen LogP contribution in [0.2, 0.25) is 0 Å². The van der Waals surface area contributed by atoms with E-state index in [2.05, 4.69) is 0 Å². The zero-order chi connectivity index (χ0) is 10.6. The molecule has 0 saturated heterocycles. The first-order chi connectivity index (χ1) is 6.65. The Kier molecular flexibility index (Phi) is 3.80. The summed E-state index contributed by atoms with van der Waals surface area (Å²) >= 11 is 0. The summed E-state index contributed by atoms with van der Waals surface area (Å²) in [6.07, 6.45) is 0.534. The Hall–Kier alpha value is -1.19. The van der Waals surface area contributed by atoms with Gasteiger partial charge in [0.2, 0.25) is 0 Å². The van der Waals surface area contributed by atoms with Gasteiger partial charge in [-0.3, -0.25) is 4.79 Å². The summed E-state index contributed by atoms with van der Waals surface area (Å²) in [6.45, 7) is 1.47. The molecule has 0 aliphatic carbocycles. The van der Waals surface area contributed by atoms with Crippen LogP contribution in [0, 0.1) is 0 Å². The van der Waals surface area contributed by atoms with E-state index in [0.29, 0.717) is 12.0 Å². The molecule has 0 amide bonds. The van der Waals surface area contributed by atoms with Gasteiger partial charge in [-0.15, -0.1) is 0 Å². The van der Waals surface area contributed by atoms with Gasteiger partial charge in [0.05, 0.1) is 6.61 Å². The number of aliphatic hydroxyl groups excluding tert-OH is 1. The van der Waals surface area contributed by atoms with Crippen molar-refractivity contribution in [1.29, 1.82) is 0 Å². The quantitative estimate of drug-likeness (QED) is 0.694. The SMILES string of the molecule is CC(=O)c1ccccc1CC(N)CO. The van der Waals surface area contributed by atoms with Crippen LogP contribution in [0.3, 0.4) is 0 Å². The minimum atomic E-state index is -0.296. The summed E-state index contributed by atoms with van der Waals surface area (Å²) in [7, 11) is 0. The largest absolute Gasteiger partial charge is 0.395 e. The average molecular weight is 193 g/mol. The molecule has 0 aromatic heterocycles. The van der Waals surface area contributed by atoms with Crippen LogP contribution in [0.5, 0.6) is 0 Å². The molecular weight excluding hydrogens is 178 g/mol. The van der Waals surface area contributed by atoms with Crippen molar-refractivity contribution in [3.8, 4) is 0 Å². The van der Waals surface area contributed by atoms with E-state index < -0.39 is 0 Å². The second-order valence-corrected chi connectivity index (χ2v) is 3.36. The van der Waals surface area contributed by atoms with Crippen LogP contribution in [-0.4, -0.2) is 23.5 Å². The maximum Gasteiger partial charge on any atom is 0.160 e. The van der Waals surface area contributed by atoms with Gasteiger partial charge in [-0.1, -0.05) is 24.3 Å². The molecule has 76 valence electrons. The first-order valence-electron chi connectivity index (χ1n) is 4.60. The lowest BCUT2D eigenvalue weighted by molar-refractivity contribution is 0.101. The maximum atomic E-state index is 11.2. The number of hydrogen-bond donors (Lipinski definition) is 2. The number of benzene rings is 1. The molecule has 3 nitrogen and oxygen atoms in total. The van der Waals surface area contributed by atoms with Gasteiger partial charge in [-0.2, -0.15) is 0 Å². The standard InChI is InChI=1S/C11H15NO2/c1-8(14)11-5-3-2-4-9(11)6-10(12)7-13/h2-5,10,13H,6-7,12H2,1H3. The third-order valence-electron chi connectivity index (χ3n) is 2.11. The van der Waals surface area contributed by atoms with Gasteiger partial charge in [0.1, 0.15) is 0 Å². The predicted molar refractivity (Wildman–Crippen MR) is 55.2 cm³/mol. The van der Waals surface area contributed by atoms with Crippen LogP contribution < -0.4 is 5.73 Å². The molecule has 0 saturated carbocycles. The third-order valence-corrected chi connectivity index (χ3v) is 2.11. The van der Waals surface area contributed by atoms with Gasteiger partial charge >= 0.3 is 0 Å². The lowest BCUT2D eigenvalue weighted by atomic mass is 9.99. The van der Waals surface area contributed by atoms with Crippen LogP contribution in [-0.2, 0) is 6.42 Å². The number of Topliss-reactive ketones (excluding diaryl/α,β-unsaturated/α-hetero) is 1. The van der Waals surface area contributed by atoms with Gasteiger partial charge in [0.25, 0.3) is 0 Å². The van der Waals surface area contributed by atoms with E-state index in [4.69, 9.17) is 10.8 Å². The summed E-state index contributed by atoms with van der Waals surface area (Å²) in [4.78, 5) is 11.2. The zero-order valence-electron chi connectivity index (χ0n) is 8.23. The van der Waals surface area contributed by atoms with Gasteiger partial charge < -0.3 is 10.8 Å². The van der Waals surface area contributed by atoms with Crippen LogP contribution in [0.15, 0.2) is 24.3 Å². The normalized spacial score (nSPS) is 12.5. The second kappa shape index (κ2) is 4.88. The summed E-state index contributed by atoms with van der Waals surface area (Å²) in [5.41, 5.74) is 7.21. The molecule has 3 N–H and O–H groups in total. The Morgan fingerprint density at radius 1 is 1.50 bits per heavy atom. The number of ketones is 1. The van der Waals surface area contributed by atoms with Crippen LogP contribution >= 0.6 is 0 Å². The number of rotatable bonds is 4. The number of hydrogen-bond acceptors (Lipinski definition) is 3. The van der Waals surface area contributed by atoms with Crippen LogP contribution in [0.4, 0.5) is 0 Å². The highest BCUT2D eigenvalue weighted by Crippen LogP contribution is 2.11. The van der Waals surface area contributed by atoms with Crippen molar-refractivity contribution in [2.24, 2.45) is 5.73 Å². The highest BCUT2D eigenvalue weighted by atomic mass is 16.3. The van der Waals surface area contributed by atoms with Gasteiger partial charge in [-0.05, 0) is 18.9 Å². The molecule has 1 aromatic rings. The fourth-order valence-electron chi connectivity index (χ4n) is 1.39. The van der Waals surface area contributed by atoms with E-state index in [1.807, 2.05) is 18.2 Å². The predicted octanol–water partition coefficient (Wildman–Crippen LogP) is 0.751. The van der Waals surface area contributed by atoms with Crippen LogP contribution in [0.1, 0.15) is 22.8 Å². The van der Waals surface area contributed by atoms with E-state index >= 15 is 0 Å². The van der Waals surface area contributed by atoms with Gasteiger partial charge in [0.15, 0.2) is 5.78 Å². The summed E-state index contributed by atoms with van der Waals surface area (Å²) in [5, 5.41) is 8.82. The van der Waals surface area contributed by atoms with Gasteiger partial charge in [0, 0.05) is 11.6 Å². The minimum absolute atomic E-state index is 0.0331. The molecule has 0 spiro atoms. The van der Waals surface area contributed by atoms with E-state index in [0.717, 1.165) is 5.56 Å². The van der Waals surface area contributed by atoms with E-state index in [9.17, 15) is 4.79 Å². The number of carbonyl (C=O) groups excluding carboxylic acids is 1. The molecule has 0 radical (unpaired) electrons. The molecule has 0 bridgehead atoms. The molecule has 14 heavy (non-hydrogen) atoms. The average Bonchev–Trinajstić information content (AvgIpc) is 2.18. The van der Waals surface area contributed by atoms with Crippen molar-refractivity contribution >= 4 is 5.78 Å². The number of aliphatic hydroxyl groups is 1. The third kappa shape index (κ3) is 2.65. The van der Waals surface area contributed by atoms with Crippen molar-refractivity contribution < 1.29 is 9.90 Å². The molecule has 0 aliphatic heterocycles. The number of carbonyl (C=O) groups is 1. The van der Waals surface area contributed by atoms with E-state index in [-0.39, 0.29) is 18.4 Å². The molecule has 0 heterocycles. The maximum absolute atomic E-state index is 11.2. The van der Waals surface area contributed by atoms with Crippen molar-refractivity contribution in [3.63, 3.8) is 0 Å². The Labute approximate surface area is 83.6 Å². The second-order valence-electron chi connectivity index (χ2n) is 3.36. The Balaban J connectivity index is 2.90. The fourth-order valence-corrected chi connectivity index (χ4v) is 1.39. The summed E-state index contributed by atoms with van der Waals surface area (Å²) < 4.78 is 0. The molecule has 0 fully saturated rings. The Morgan fingerprint density at radius 2 is 2.14 bits per heavy atom. The molecule has 1 aromatic carbocycles. The Morgan fingerprint density at radius 3 is 2.71 bits per heavy atom. The molecule has 0 aliphatic rings. The monoisotopic (exact) mass is 193 g/mol. The lowest BCUT2D eigenvalue weighted by Gasteiger charge is -2.10. The molecule has 3 heteroatoms. The van der Waals surface area contributed by atoms with Gasteiger partial charge in [-0.25, -0.2) is 0 Å². The van der Waals surface area contributed by atoms with E-state index in [1.165, 1.54) is 6.92 Å². The smallest absolute Gasteiger partial charge is 0.160 e. The minimum Gasteiger partial charge on any atom is -0.395 e. The molecule has 1 rings (SSSR count). The summed E-state index contributed by atoms with van der Waals surface area (Å²) in [5.74, 6) is 0.0331. The highest BCUT2D eigenvalue weighted by Gasteiger charge is 2.09. The van der Waals surface area contributed by atoms with Crippen molar-refractivity contribution in [1.82, 2.24) is 0 Å². The molecule has 1 unspecified atom stereocenters. The Bertz CT molecular complexity index is 323. The first-order valence-corrected chi connectivity index (χ1v) is 4.60. The zero-order valence-corrected chi connectivity index (χ0v) is 8.23. The highest BCUT2D eigenvalue weighted by molar-refractivity contribution is 5.95. The summed E-state index contributed by atoms with van der Waals surface area (Å²) in [6, 6.07) is 7.04.